The van der Waals surface area contributed by atoms with Gasteiger partial charge >= 0.3 is 5.97 Å². The number of ether oxygens (including phenoxy) is 5. The summed E-state index contributed by atoms with van der Waals surface area (Å²) < 4.78 is 29.8. The van der Waals surface area contributed by atoms with E-state index in [1.807, 2.05) is 67.6 Å². The van der Waals surface area contributed by atoms with Crippen molar-refractivity contribution in [3.8, 4) is 23.3 Å². The van der Waals surface area contributed by atoms with Crippen molar-refractivity contribution in [1.29, 1.82) is 0 Å². The lowest BCUT2D eigenvalue weighted by molar-refractivity contribution is -0.270. The highest BCUT2D eigenvalue weighted by Gasteiger charge is 2.43. The van der Waals surface area contributed by atoms with Crippen LogP contribution in [0.4, 0.5) is 0 Å². The van der Waals surface area contributed by atoms with Gasteiger partial charge in [-0.05, 0) is 66.9 Å². The lowest BCUT2D eigenvalue weighted by Gasteiger charge is -2.37. The summed E-state index contributed by atoms with van der Waals surface area (Å²) in [5.41, 5.74) is 5.54. The Kier molecular flexibility index (Phi) is 6.73. The van der Waals surface area contributed by atoms with Gasteiger partial charge in [-0.3, -0.25) is 4.79 Å². The zero-order chi connectivity index (χ0) is 27.9. The molecule has 8 nitrogen and oxygen atoms in total. The Morgan fingerprint density at radius 2 is 1.38 bits per heavy atom. The second-order valence-electron chi connectivity index (χ2n) is 10.1. The number of carbonyl (C=O) groups is 1. The molecule has 4 aromatic rings. The third kappa shape index (κ3) is 4.49. The first kappa shape index (κ1) is 26.0. The van der Waals surface area contributed by atoms with Gasteiger partial charge in [0, 0.05) is 56.1 Å². The van der Waals surface area contributed by atoms with E-state index in [1.54, 1.807) is 33.5 Å². The van der Waals surface area contributed by atoms with E-state index in [1.165, 1.54) is 0 Å². The highest BCUT2D eigenvalue weighted by Crippen LogP contribution is 2.40. The molecule has 0 bridgehead atoms. The average Bonchev–Trinajstić information content (AvgIpc) is 2.99. The van der Waals surface area contributed by atoms with Gasteiger partial charge in [-0.25, -0.2) is 9.97 Å². The maximum Gasteiger partial charge on any atom is 0.313 e. The number of methoxy groups -OCH3 is 2. The van der Waals surface area contributed by atoms with Gasteiger partial charge in [0.25, 0.3) is 0 Å². The number of nitrogens with zero attached hydrogens (tertiary/aromatic N) is 2. The first-order valence-electron chi connectivity index (χ1n) is 13.2. The summed E-state index contributed by atoms with van der Waals surface area (Å²) in [7, 11) is 3.09. The highest BCUT2D eigenvalue weighted by molar-refractivity contribution is 5.78. The molecule has 2 aromatic carbocycles. The van der Waals surface area contributed by atoms with Crippen molar-refractivity contribution in [3.63, 3.8) is 0 Å². The van der Waals surface area contributed by atoms with Gasteiger partial charge in [-0.15, -0.1) is 0 Å². The third-order valence-electron chi connectivity index (χ3n) is 7.71. The molecule has 2 aromatic heterocycles. The molecule has 8 heteroatoms. The molecular formula is C32H30N2O6. The normalized spacial score (nSPS) is 14.8. The smallest absolute Gasteiger partial charge is 0.313 e. The first-order valence-corrected chi connectivity index (χ1v) is 13.2. The highest BCUT2D eigenvalue weighted by atomic mass is 16.7. The minimum atomic E-state index is -1.32. The molecule has 0 saturated carbocycles. The van der Waals surface area contributed by atoms with Gasteiger partial charge in [0.2, 0.25) is 17.5 Å². The van der Waals surface area contributed by atoms with Crippen LogP contribution in [0.5, 0.6) is 23.3 Å². The van der Waals surface area contributed by atoms with Crippen molar-refractivity contribution < 1.29 is 28.5 Å². The minimum Gasteiger partial charge on any atom is -0.456 e. The van der Waals surface area contributed by atoms with Crippen molar-refractivity contribution >= 4 is 5.97 Å². The van der Waals surface area contributed by atoms with E-state index in [0.29, 0.717) is 24.6 Å². The van der Waals surface area contributed by atoms with E-state index in [2.05, 4.69) is 9.97 Å². The Balaban J connectivity index is 1.21. The number of hydrogen-bond acceptors (Lipinski definition) is 8. The fourth-order valence-corrected chi connectivity index (χ4v) is 5.44. The second-order valence-corrected chi connectivity index (χ2v) is 10.1. The Labute approximate surface area is 232 Å². The van der Waals surface area contributed by atoms with E-state index in [0.717, 1.165) is 44.9 Å². The lowest BCUT2D eigenvalue weighted by Crippen LogP contribution is -2.44. The summed E-state index contributed by atoms with van der Waals surface area (Å²) >= 11 is 0. The zero-order valence-corrected chi connectivity index (χ0v) is 22.8. The van der Waals surface area contributed by atoms with Gasteiger partial charge in [-0.1, -0.05) is 24.3 Å². The Morgan fingerprint density at radius 3 is 1.98 bits per heavy atom. The molecular weight excluding hydrogens is 508 g/mol. The molecule has 0 aliphatic carbocycles. The topological polar surface area (TPSA) is 89.0 Å². The Hall–Kier alpha value is -4.27. The minimum absolute atomic E-state index is 0.383. The van der Waals surface area contributed by atoms with Gasteiger partial charge in [0.15, 0.2) is 6.10 Å². The van der Waals surface area contributed by atoms with E-state index >= 15 is 0 Å². The van der Waals surface area contributed by atoms with E-state index in [9.17, 15) is 4.79 Å². The van der Waals surface area contributed by atoms with Crippen LogP contribution in [0.3, 0.4) is 0 Å². The molecule has 0 N–H and O–H groups in total. The van der Waals surface area contributed by atoms with Crippen LogP contribution < -0.4 is 9.47 Å². The van der Waals surface area contributed by atoms with E-state index in [4.69, 9.17) is 23.7 Å². The maximum atomic E-state index is 13.4. The van der Waals surface area contributed by atoms with Crippen LogP contribution in [-0.4, -0.2) is 36.3 Å². The molecule has 0 amide bonds. The van der Waals surface area contributed by atoms with Crippen molar-refractivity contribution in [2.75, 3.05) is 14.2 Å². The number of benzene rings is 2. The molecule has 0 fully saturated rings. The van der Waals surface area contributed by atoms with Crippen LogP contribution >= 0.6 is 0 Å². The number of aromatic nitrogens is 2. The van der Waals surface area contributed by atoms with Crippen molar-refractivity contribution in [1.82, 2.24) is 9.97 Å². The molecule has 2 atom stereocenters. The molecule has 0 saturated heterocycles. The Morgan fingerprint density at radius 1 is 0.800 bits per heavy atom. The van der Waals surface area contributed by atoms with Crippen LogP contribution in [0.1, 0.15) is 53.1 Å². The molecule has 6 rings (SSSR count). The first-order chi connectivity index (χ1) is 19.4. The monoisotopic (exact) mass is 538 g/mol. The molecule has 2 aliphatic heterocycles. The van der Waals surface area contributed by atoms with Crippen LogP contribution in [-0.2, 0) is 37.6 Å². The summed E-state index contributed by atoms with van der Waals surface area (Å²) in [6.45, 7) is 3.61. The second kappa shape index (κ2) is 10.4. The van der Waals surface area contributed by atoms with Crippen LogP contribution in [0.2, 0.25) is 0 Å². The SMILES string of the molecule is COC(OC)(c1ccc2c(c1)Cc1cccnc1O2)C(C)OC(=O)C(C)c1ccc2c(c1)Cc1cccnc1O2. The van der Waals surface area contributed by atoms with Crippen molar-refractivity contribution in [3.05, 3.63) is 106 Å². The summed E-state index contributed by atoms with van der Waals surface area (Å²) in [6, 6.07) is 19.2. The van der Waals surface area contributed by atoms with Gasteiger partial charge < -0.3 is 23.7 Å². The van der Waals surface area contributed by atoms with Crippen LogP contribution in [0.25, 0.3) is 0 Å². The number of pyridine rings is 2. The molecule has 2 unspecified atom stereocenters. The summed E-state index contributed by atoms with van der Waals surface area (Å²) in [5, 5.41) is 0. The predicted octanol–water partition coefficient (Wildman–Crippen LogP) is 6.05. The van der Waals surface area contributed by atoms with Crippen molar-refractivity contribution in [2.45, 2.75) is 44.5 Å². The molecule has 2 aliphatic rings. The largest absolute Gasteiger partial charge is 0.456 e. The number of carbonyl (C=O) groups excluding carboxylic acids is 1. The van der Waals surface area contributed by atoms with Crippen LogP contribution in [0.15, 0.2) is 73.1 Å². The number of rotatable bonds is 7. The fourth-order valence-electron chi connectivity index (χ4n) is 5.44. The van der Waals surface area contributed by atoms with Gasteiger partial charge in [0.1, 0.15) is 11.5 Å². The third-order valence-corrected chi connectivity index (χ3v) is 7.71. The van der Waals surface area contributed by atoms with Gasteiger partial charge in [-0.2, -0.15) is 0 Å². The maximum absolute atomic E-state index is 13.4. The molecule has 4 heterocycles. The van der Waals surface area contributed by atoms with Gasteiger partial charge in [0.05, 0.1) is 5.92 Å². The lowest BCUT2D eigenvalue weighted by atomic mass is 9.93. The molecule has 40 heavy (non-hydrogen) atoms. The summed E-state index contributed by atoms with van der Waals surface area (Å²) in [5.74, 6) is 0.481. The summed E-state index contributed by atoms with van der Waals surface area (Å²) in [4.78, 5) is 22.0. The fraction of sp³-hybridized carbons (Fsp3) is 0.281. The van der Waals surface area contributed by atoms with E-state index in [-0.39, 0.29) is 5.97 Å². The molecule has 0 radical (unpaired) electrons. The number of esters is 1. The zero-order valence-electron chi connectivity index (χ0n) is 22.8. The van der Waals surface area contributed by atoms with E-state index < -0.39 is 17.8 Å². The molecule has 0 spiro atoms. The quantitative estimate of drug-likeness (QED) is 0.179. The standard InChI is InChI=1S/C32H30N2O6/c1-19(21-9-11-27-24(15-21)16-22-7-5-13-33-29(22)39-27)31(35)38-20(2)32(36-3,37-4)26-10-12-28-25(18-26)17-23-8-6-14-34-30(23)40-28/h5-15,18-20H,16-17H2,1-4H3. The summed E-state index contributed by atoms with van der Waals surface area (Å²) in [6.07, 6.45) is 4.01. The predicted molar refractivity (Wildman–Crippen MR) is 147 cm³/mol. The average molecular weight is 539 g/mol. The van der Waals surface area contributed by atoms with Crippen LogP contribution in [0, 0.1) is 0 Å². The molecule has 204 valence electrons. The number of hydrogen-bond donors (Lipinski definition) is 0. The van der Waals surface area contributed by atoms with Crippen molar-refractivity contribution in [2.24, 2.45) is 0 Å². The Bertz CT molecular complexity index is 1580. The number of fused-ring (bicyclic) bond motifs is 4.